The molecule has 0 amide bonds. The molecule has 1 rings (SSSR count). The highest BCUT2D eigenvalue weighted by atomic mass is 35.5. The van der Waals surface area contributed by atoms with Gasteiger partial charge in [-0.1, -0.05) is 13.8 Å². The molecule has 0 radical (unpaired) electrons. The van der Waals surface area contributed by atoms with Crippen LogP contribution in [0, 0.1) is 5.92 Å². The fraction of sp³-hybridized carbons (Fsp3) is 1.00. The van der Waals surface area contributed by atoms with Gasteiger partial charge in [0.1, 0.15) is 6.23 Å². The molecule has 3 nitrogen and oxygen atoms in total. The second kappa shape index (κ2) is 8.74. The third kappa shape index (κ3) is 6.04. The van der Waals surface area contributed by atoms with Gasteiger partial charge in [0.25, 0.3) is 0 Å². The first kappa shape index (κ1) is 16.9. The van der Waals surface area contributed by atoms with E-state index in [1.807, 2.05) is 7.05 Å². The van der Waals surface area contributed by atoms with E-state index in [-0.39, 0.29) is 31.0 Å². The Kier molecular flexibility index (Phi) is 10.5. The van der Waals surface area contributed by atoms with Crippen LogP contribution >= 0.6 is 24.8 Å². The minimum Gasteiger partial charge on any atom is -0.361 e. The second-order valence-corrected chi connectivity index (χ2v) is 3.80. The highest BCUT2D eigenvalue weighted by molar-refractivity contribution is 5.85. The summed E-state index contributed by atoms with van der Waals surface area (Å²) in [6.45, 7) is 8.65. The molecular formula is C9H22Cl2N2O. The second-order valence-electron chi connectivity index (χ2n) is 3.80. The fourth-order valence-corrected chi connectivity index (χ4v) is 1.56. The Hall–Kier alpha value is 0.460. The molecule has 0 aliphatic carbocycles. The number of halogens is 2. The molecule has 0 bridgehead atoms. The maximum Gasteiger partial charge on any atom is 0.120 e. The largest absolute Gasteiger partial charge is 0.361 e. The van der Waals surface area contributed by atoms with Gasteiger partial charge in [0.05, 0.1) is 6.61 Å². The number of hydrogen-bond acceptors (Lipinski definition) is 3. The van der Waals surface area contributed by atoms with Gasteiger partial charge in [0.2, 0.25) is 0 Å². The van der Waals surface area contributed by atoms with Crippen LogP contribution in [-0.4, -0.2) is 44.4 Å². The number of ether oxygens (including phenoxy) is 1. The molecule has 1 unspecified atom stereocenters. The van der Waals surface area contributed by atoms with E-state index in [1.165, 1.54) is 6.54 Å². The van der Waals surface area contributed by atoms with Gasteiger partial charge >= 0.3 is 0 Å². The van der Waals surface area contributed by atoms with Gasteiger partial charge in [0.15, 0.2) is 0 Å². The van der Waals surface area contributed by atoms with Gasteiger partial charge < -0.3 is 4.74 Å². The van der Waals surface area contributed by atoms with E-state index < -0.39 is 0 Å². The quantitative estimate of drug-likeness (QED) is 0.812. The highest BCUT2D eigenvalue weighted by Gasteiger charge is 2.18. The van der Waals surface area contributed by atoms with Crippen molar-refractivity contribution in [3.8, 4) is 0 Å². The minimum atomic E-state index is 0. The van der Waals surface area contributed by atoms with Crippen molar-refractivity contribution in [2.24, 2.45) is 5.92 Å². The lowest BCUT2D eigenvalue weighted by molar-refractivity contribution is -0.0444. The molecule has 1 aliphatic rings. The van der Waals surface area contributed by atoms with Crippen molar-refractivity contribution < 1.29 is 4.74 Å². The molecule has 1 fully saturated rings. The summed E-state index contributed by atoms with van der Waals surface area (Å²) in [7, 11) is 1.95. The third-order valence-electron chi connectivity index (χ3n) is 2.10. The molecule has 5 heteroatoms. The molecular weight excluding hydrogens is 223 g/mol. The van der Waals surface area contributed by atoms with E-state index in [2.05, 4.69) is 24.1 Å². The fourth-order valence-electron chi connectivity index (χ4n) is 1.56. The van der Waals surface area contributed by atoms with E-state index in [0.29, 0.717) is 0 Å². The van der Waals surface area contributed by atoms with E-state index in [0.717, 1.165) is 25.6 Å². The zero-order valence-corrected chi connectivity index (χ0v) is 10.8. The molecule has 1 saturated heterocycles. The predicted octanol–water partition coefficient (Wildman–Crippen LogP) is 1.36. The molecule has 0 spiro atoms. The van der Waals surface area contributed by atoms with Gasteiger partial charge in [-0.05, 0) is 13.0 Å². The average molecular weight is 245 g/mol. The highest BCUT2D eigenvalue weighted by Crippen LogP contribution is 2.05. The van der Waals surface area contributed by atoms with E-state index >= 15 is 0 Å². The first-order valence-electron chi connectivity index (χ1n) is 4.73. The summed E-state index contributed by atoms with van der Waals surface area (Å²) in [5, 5.41) is 3.14. The normalized spacial score (nSPS) is 22.7. The van der Waals surface area contributed by atoms with Crippen molar-refractivity contribution in [1.29, 1.82) is 0 Å². The van der Waals surface area contributed by atoms with Crippen molar-refractivity contribution in [2.75, 3.05) is 33.3 Å². The van der Waals surface area contributed by atoms with Crippen LogP contribution in [0.3, 0.4) is 0 Å². The molecule has 0 aromatic heterocycles. The first-order valence-corrected chi connectivity index (χ1v) is 4.73. The standard InChI is InChI=1S/C9H20N2O.2ClH/c1-8(2)6-11-4-5-12-9(7-11)10-3;;/h8-10H,4-7H2,1-3H3;2*1H. The first-order chi connectivity index (χ1) is 5.72. The zero-order valence-electron chi connectivity index (χ0n) is 9.16. The lowest BCUT2D eigenvalue weighted by Crippen LogP contribution is -2.48. The Morgan fingerprint density at radius 2 is 2.07 bits per heavy atom. The average Bonchev–Trinajstić information content (AvgIpc) is 2.03. The Labute approximate surface area is 99.4 Å². The van der Waals surface area contributed by atoms with Crippen molar-refractivity contribution in [3.05, 3.63) is 0 Å². The van der Waals surface area contributed by atoms with Crippen LogP contribution in [0.15, 0.2) is 0 Å². The number of likely N-dealkylation sites (N-methyl/N-ethyl adjacent to an activating group) is 1. The van der Waals surface area contributed by atoms with Crippen molar-refractivity contribution in [2.45, 2.75) is 20.1 Å². The van der Waals surface area contributed by atoms with Crippen LogP contribution in [0.25, 0.3) is 0 Å². The molecule has 1 heterocycles. The van der Waals surface area contributed by atoms with Crippen LogP contribution in [0.2, 0.25) is 0 Å². The monoisotopic (exact) mass is 244 g/mol. The summed E-state index contributed by atoms with van der Waals surface area (Å²) in [6, 6.07) is 0. The Balaban J connectivity index is 0. The number of nitrogens with zero attached hydrogens (tertiary/aromatic N) is 1. The molecule has 14 heavy (non-hydrogen) atoms. The molecule has 1 aliphatic heterocycles. The van der Waals surface area contributed by atoms with Gasteiger partial charge in [-0.3, -0.25) is 10.2 Å². The van der Waals surface area contributed by atoms with Crippen LogP contribution in [0.1, 0.15) is 13.8 Å². The van der Waals surface area contributed by atoms with Crippen molar-refractivity contribution in [3.63, 3.8) is 0 Å². The zero-order chi connectivity index (χ0) is 8.97. The number of rotatable bonds is 3. The van der Waals surface area contributed by atoms with E-state index in [1.54, 1.807) is 0 Å². The topological polar surface area (TPSA) is 24.5 Å². The van der Waals surface area contributed by atoms with Gasteiger partial charge in [-0.2, -0.15) is 0 Å². The lowest BCUT2D eigenvalue weighted by atomic mass is 10.2. The van der Waals surface area contributed by atoms with Crippen LogP contribution < -0.4 is 5.32 Å². The Morgan fingerprint density at radius 3 is 2.57 bits per heavy atom. The van der Waals surface area contributed by atoms with Gasteiger partial charge in [0, 0.05) is 19.6 Å². The van der Waals surface area contributed by atoms with Crippen LogP contribution in [0.5, 0.6) is 0 Å². The summed E-state index contributed by atoms with van der Waals surface area (Å²) in [5.74, 6) is 0.751. The number of hydrogen-bond donors (Lipinski definition) is 1. The Bertz CT molecular complexity index is 136. The van der Waals surface area contributed by atoms with Gasteiger partial charge in [-0.25, -0.2) is 0 Å². The van der Waals surface area contributed by atoms with Crippen LogP contribution in [0.4, 0.5) is 0 Å². The van der Waals surface area contributed by atoms with E-state index in [9.17, 15) is 0 Å². The molecule has 1 N–H and O–H groups in total. The molecule has 1 atom stereocenters. The molecule has 0 aromatic carbocycles. The maximum absolute atomic E-state index is 5.49. The molecule has 0 saturated carbocycles. The van der Waals surface area contributed by atoms with E-state index in [4.69, 9.17) is 4.74 Å². The molecule has 0 aromatic rings. The molecule has 88 valence electrons. The SMILES string of the molecule is CNC1CN(CC(C)C)CCO1.Cl.Cl. The van der Waals surface area contributed by atoms with Crippen LogP contribution in [-0.2, 0) is 4.74 Å². The predicted molar refractivity (Wildman–Crippen MR) is 64.6 cm³/mol. The number of nitrogens with one attached hydrogen (secondary N) is 1. The summed E-state index contributed by atoms with van der Waals surface area (Å²) in [6.07, 6.45) is 0.234. The summed E-state index contributed by atoms with van der Waals surface area (Å²) < 4.78 is 5.49. The van der Waals surface area contributed by atoms with Gasteiger partial charge in [-0.15, -0.1) is 24.8 Å². The maximum atomic E-state index is 5.49. The summed E-state index contributed by atoms with van der Waals surface area (Å²) in [5.41, 5.74) is 0. The minimum absolute atomic E-state index is 0. The summed E-state index contributed by atoms with van der Waals surface area (Å²) >= 11 is 0. The Morgan fingerprint density at radius 1 is 1.43 bits per heavy atom. The lowest BCUT2D eigenvalue weighted by Gasteiger charge is -2.33. The third-order valence-corrected chi connectivity index (χ3v) is 2.10. The smallest absolute Gasteiger partial charge is 0.120 e. The van der Waals surface area contributed by atoms with Crippen molar-refractivity contribution >= 4 is 24.8 Å². The van der Waals surface area contributed by atoms with Crippen molar-refractivity contribution in [1.82, 2.24) is 10.2 Å². The number of morpholine rings is 1. The summed E-state index contributed by atoms with van der Waals surface area (Å²) in [4.78, 5) is 2.45.